The van der Waals surface area contributed by atoms with E-state index in [1.807, 2.05) is 10.8 Å². The van der Waals surface area contributed by atoms with Crippen LogP contribution < -0.4 is 15.8 Å². The number of hydrogen-bond acceptors (Lipinski definition) is 5. The van der Waals surface area contributed by atoms with Gasteiger partial charge in [-0.2, -0.15) is 0 Å². The highest BCUT2D eigenvalue weighted by molar-refractivity contribution is 7.90. The number of benzene rings is 3. The summed E-state index contributed by atoms with van der Waals surface area (Å²) < 4.78 is 26.5. The van der Waals surface area contributed by atoms with E-state index in [-0.39, 0.29) is 10.5 Å². The number of nitrogens with two attached hydrogens (primary N) is 1. The predicted molar refractivity (Wildman–Crippen MR) is 110 cm³/mol. The summed E-state index contributed by atoms with van der Waals surface area (Å²) in [5, 5.41) is 2.67. The average Bonchev–Trinajstić information content (AvgIpc) is 2.74. The first kappa shape index (κ1) is 20.2. The normalized spacial score (nSPS) is 12.0. The molecule has 4 N–H and O–H groups in total. The van der Waals surface area contributed by atoms with Crippen molar-refractivity contribution >= 4 is 27.5 Å². The van der Waals surface area contributed by atoms with Gasteiger partial charge in [0.15, 0.2) is 0 Å². The van der Waals surface area contributed by atoms with Crippen LogP contribution in [-0.2, 0) is 14.8 Å². The molecule has 2 amide bonds. The molecule has 0 fully saturated rings. The van der Waals surface area contributed by atoms with E-state index in [0.717, 1.165) is 0 Å². The van der Waals surface area contributed by atoms with Crippen LogP contribution in [0.25, 0.3) is 0 Å². The van der Waals surface area contributed by atoms with Crippen molar-refractivity contribution < 1.29 is 18.0 Å². The maximum atomic E-state index is 12.3. The standard InChI is InChI=1S/C21H19N3O4S/c22-19(15-7-3-1-4-8-15)21(26)23-17-13-11-16(12-14-17)20(25)24-29(27,28)18-9-5-2-6-10-18/h1-14,19H,22H2,(H,23,26)(H,24,25)/t19-/m0/s1. The van der Waals surface area contributed by atoms with Gasteiger partial charge in [-0.3, -0.25) is 9.59 Å². The third-order valence-electron chi connectivity index (χ3n) is 4.14. The van der Waals surface area contributed by atoms with Crippen molar-refractivity contribution in [2.24, 2.45) is 5.73 Å². The molecular weight excluding hydrogens is 390 g/mol. The van der Waals surface area contributed by atoms with Gasteiger partial charge in [0.05, 0.1) is 4.90 Å². The van der Waals surface area contributed by atoms with Crippen molar-refractivity contribution in [2.45, 2.75) is 10.9 Å². The van der Waals surface area contributed by atoms with E-state index in [1.54, 1.807) is 42.5 Å². The smallest absolute Gasteiger partial charge is 0.264 e. The van der Waals surface area contributed by atoms with Crippen LogP contribution in [0.3, 0.4) is 0 Å². The van der Waals surface area contributed by atoms with Crippen LogP contribution in [0.15, 0.2) is 89.8 Å². The first-order chi connectivity index (χ1) is 13.9. The molecule has 29 heavy (non-hydrogen) atoms. The van der Waals surface area contributed by atoms with Crippen molar-refractivity contribution in [1.29, 1.82) is 0 Å². The van der Waals surface area contributed by atoms with Crippen LogP contribution in [0.4, 0.5) is 5.69 Å². The minimum absolute atomic E-state index is 0.00728. The fourth-order valence-electron chi connectivity index (χ4n) is 2.58. The molecule has 0 spiro atoms. The van der Waals surface area contributed by atoms with Gasteiger partial charge in [0, 0.05) is 11.3 Å². The third kappa shape index (κ3) is 5.07. The fraction of sp³-hybridized carbons (Fsp3) is 0.0476. The number of carbonyl (C=O) groups is 2. The Kier molecular flexibility index (Phi) is 6.06. The van der Waals surface area contributed by atoms with Crippen molar-refractivity contribution in [3.8, 4) is 0 Å². The summed E-state index contributed by atoms with van der Waals surface area (Å²) in [7, 11) is -3.96. The number of carbonyl (C=O) groups excluding carboxylic acids is 2. The summed E-state index contributed by atoms with van der Waals surface area (Å²) in [6, 6.07) is 21.5. The maximum Gasteiger partial charge on any atom is 0.264 e. The number of sulfonamides is 1. The molecule has 0 saturated heterocycles. The largest absolute Gasteiger partial charge is 0.324 e. The fourth-order valence-corrected chi connectivity index (χ4v) is 3.57. The summed E-state index contributed by atoms with van der Waals surface area (Å²) in [4.78, 5) is 24.5. The van der Waals surface area contributed by atoms with Crippen molar-refractivity contribution in [3.05, 3.63) is 96.1 Å². The van der Waals surface area contributed by atoms with Crippen LogP contribution in [0.2, 0.25) is 0 Å². The van der Waals surface area contributed by atoms with E-state index in [9.17, 15) is 18.0 Å². The number of amides is 2. The summed E-state index contributed by atoms with van der Waals surface area (Å²) >= 11 is 0. The molecule has 7 nitrogen and oxygen atoms in total. The second-order valence-electron chi connectivity index (χ2n) is 6.20. The molecule has 3 aromatic rings. The summed E-state index contributed by atoms with van der Waals surface area (Å²) in [6.07, 6.45) is 0. The van der Waals surface area contributed by atoms with Crippen molar-refractivity contribution in [1.82, 2.24) is 4.72 Å². The van der Waals surface area contributed by atoms with Gasteiger partial charge in [-0.15, -0.1) is 0 Å². The van der Waals surface area contributed by atoms with Gasteiger partial charge in [0.1, 0.15) is 6.04 Å². The Balaban J connectivity index is 1.65. The highest BCUT2D eigenvalue weighted by Crippen LogP contribution is 2.15. The highest BCUT2D eigenvalue weighted by Gasteiger charge is 2.19. The second kappa shape index (κ2) is 8.68. The van der Waals surface area contributed by atoms with Gasteiger partial charge in [0.25, 0.3) is 15.9 Å². The predicted octanol–water partition coefficient (Wildman–Crippen LogP) is 2.44. The Bertz CT molecular complexity index is 1100. The van der Waals surface area contributed by atoms with E-state index in [0.29, 0.717) is 11.3 Å². The molecule has 148 valence electrons. The van der Waals surface area contributed by atoms with Gasteiger partial charge in [-0.1, -0.05) is 48.5 Å². The monoisotopic (exact) mass is 409 g/mol. The molecule has 3 rings (SSSR count). The number of anilines is 1. The number of rotatable bonds is 6. The Morgan fingerprint density at radius 3 is 1.93 bits per heavy atom. The van der Waals surface area contributed by atoms with Crippen molar-refractivity contribution in [2.75, 3.05) is 5.32 Å². The molecule has 0 heterocycles. The van der Waals surface area contributed by atoms with Crippen LogP contribution >= 0.6 is 0 Å². The lowest BCUT2D eigenvalue weighted by Gasteiger charge is -2.13. The zero-order valence-electron chi connectivity index (χ0n) is 15.3. The summed E-state index contributed by atoms with van der Waals surface area (Å²) in [6.45, 7) is 0. The highest BCUT2D eigenvalue weighted by atomic mass is 32.2. The van der Waals surface area contributed by atoms with E-state index in [2.05, 4.69) is 5.32 Å². The lowest BCUT2D eigenvalue weighted by molar-refractivity contribution is -0.117. The minimum atomic E-state index is -3.96. The molecule has 0 radical (unpaired) electrons. The Hall–Kier alpha value is -3.49. The Morgan fingerprint density at radius 1 is 0.793 bits per heavy atom. The molecule has 8 heteroatoms. The van der Waals surface area contributed by atoms with Gasteiger partial charge < -0.3 is 11.1 Å². The summed E-state index contributed by atoms with van der Waals surface area (Å²) in [5.41, 5.74) is 7.19. The number of hydrogen-bond donors (Lipinski definition) is 3. The van der Waals surface area contributed by atoms with E-state index >= 15 is 0 Å². The Morgan fingerprint density at radius 2 is 1.34 bits per heavy atom. The molecule has 0 saturated carbocycles. The van der Waals surface area contributed by atoms with Gasteiger partial charge in [-0.25, -0.2) is 13.1 Å². The second-order valence-corrected chi connectivity index (χ2v) is 7.89. The molecule has 1 atom stereocenters. The van der Waals surface area contributed by atoms with Crippen LogP contribution in [-0.4, -0.2) is 20.2 Å². The van der Waals surface area contributed by atoms with Gasteiger partial charge in [0.2, 0.25) is 5.91 Å². The zero-order chi connectivity index (χ0) is 20.9. The first-order valence-electron chi connectivity index (χ1n) is 8.70. The molecular formula is C21H19N3O4S. The number of nitrogens with one attached hydrogen (secondary N) is 2. The molecule has 0 aliphatic heterocycles. The van der Waals surface area contributed by atoms with E-state index in [4.69, 9.17) is 5.73 Å². The lowest BCUT2D eigenvalue weighted by atomic mass is 10.1. The first-order valence-corrected chi connectivity index (χ1v) is 10.2. The third-order valence-corrected chi connectivity index (χ3v) is 5.48. The molecule has 0 aliphatic rings. The van der Waals surface area contributed by atoms with Gasteiger partial charge in [-0.05, 0) is 42.0 Å². The molecule has 0 unspecified atom stereocenters. The molecule has 0 aromatic heterocycles. The average molecular weight is 409 g/mol. The van der Waals surface area contributed by atoms with Gasteiger partial charge >= 0.3 is 0 Å². The van der Waals surface area contributed by atoms with E-state index < -0.39 is 27.9 Å². The van der Waals surface area contributed by atoms with Crippen LogP contribution in [0.1, 0.15) is 22.0 Å². The SMILES string of the molecule is N[C@H](C(=O)Nc1ccc(C(=O)NS(=O)(=O)c2ccccc2)cc1)c1ccccc1. The Labute approximate surface area is 168 Å². The van der Waals surface area contributed by atoms with Crippen LogP contribution in [0, 0.1) is 0 Å². The quantitative estimate of drug-likeness (QED) is 0.578. The molecule has 3 aromatic carbocycles. The van der Waals surface area contributed by atoms with Crippen LogP contribution in [0.5, 0.6) is 0 Å². The maximum absolute atomic E-state index is 12.3. The molecule has 0 bridgehead atoms. The molecule has 0 aliphatic carbocycles. The van der Waals surface area contributed by atoms with Crippen molar-refractivity contribution in [3.63, 3.8) is 0 Å². The lowest BCUT2D eigenvalue weighted by Crippen LogP contribution is -2.30. The summed E-state index contributed by atoms with van der Waals surface area (Å²) in [5.74, 6) is -1.17. The zero-order valence-corrected chi connectivity index (χ0v) is 16.1. The minimum Gasteiger partial charge on any atom is -0.324 e. The van der Waals surface area contributed by atoms with E-state index in [1.165, 1.54) is 36.4 Å². The topological polar surface area (TPSA) is 118 Å².